The molecule has 94 valence electrons. The van der Waals surface area contributed by atoms with Gasteiger partial charge in [-0.05, 0) is 31.5 Å². The minimum absolute atomic E-state index is 0.467. The number of fused-ring (bicyclic) bond motifs is 1. The molecule has 3 N–H and O–H groups in total. The van der Waals surface area contributed by atoms with E-state index in [0.29, 0.717) is 26.2 Å². The van der Waals surface area contributed by atoms with Gasteiger partial charge in [0.2, 0.25) is 0 Å². The minimum atomic E-state index is -0.530. The van der Waals surface area contributed by atoms with Crippen LogP contribution in [0.4, 0.5) is 0 Å². The first kappa shape index (κ1) is 12.2. The Morgan fingerprint density at radius 3 is 2.88 bits per heavy atom. The summed E-state index contributed by atoms with van der Waals surface area (Å²) in [7, 11) is 0. The molecule has 2 rings (SSSR count). The lowest BCUT2D eigenvalue weighted by atomic mass is 10.00. The van der Waals surface area contributed by atoms with E-state index in [1.54, 1.807) is 0 Å². The summed E-state index contributed by atoms with van der Waals surface area (Å²) in [6.07, 6.45) is 0.909. The molecule has 0 aliphatic carbocycles. The van der Waals surface area contributed by atoms with Crippen LogP contribution in [0.5, 0.6) is 11.5 Å². The molecule has 0 amide bonds. The van der Waals surface area contributed by atoms with Gasteiger partial charge in [0.05, 0.1) is 19.3 Å². The lowest BCUT2D eigenvalue weighted by molar-refractivity contribution is 0.169. The first-order valence-corrected chi connectivity index (χ1v) is 6.01. The summed E-state index contributed by atoms with van der Waals surface area (Å²) in [5.41, 5.74) is 7.29. The van der Waals surface area contributed by atoms with E-state index in [2.05, 4.69) is 0 Å². The molecule has 0 spiro atoms. The average Bonchev–Trinajstić information content (AvgIpc) is 2.55. The highest BCUT2D eigenvalue weighted by atomic mass is 16.5. The monoisotopic (exact) mass is 237 g/mol. The van der Waals surface area contributed by atoms with E-state index < -0.39 is 6.10 Å². The number of hydrogen-bond donors (Lipinski definition) is 2. The normalized spacial score (nSPS) is 16.4. The first-order valence-electron chi connectivity index (χ1n) is 6.01. The topological polar surface area (TPSA) is 64.7 Å². The molecular weight excluding hydrogens is 218 g/mol. The van der Waals surface area contributed by atoms with Gasteiger partial charge >= 0.3 is 0 Å². The summed E-state index contributed by atoms with van der Waals surface area (Å²) in [6.45, 7) is 3.75. The van der Waals surface area contributed by atoms with E-state index in [1.807, 2.05) is 19.1 Å². The van der Waals surface area contributed by atoms with Gasteiger partial charge in [-0.25, -0.2) is 0 Å². The van der Waals surface area contributed by atoms with Gasteiger partial charge in [0.1, 0.15) is 0 Å². The summed E-state index contributed by atoms with van der Waals surface area (Å²) >= 11 is 0. The van der Waals surface area contributed by atoms with Crippen LogP contribution in [-0.4, -0.2) is 24.9 Å². The molecule has 1 aliphatic heterocycles. The third-order valence-electron chi connectivity index (χ3n) is 3.00. The van der Waals surface area contributed by atoms with Crippen LogP contribution in [0.3, 0.4) is 0 Å². The van der Waals surface area contributed by atoms with E-state index in [9.17, 15) is 5.11 Å². The number of benzene rings is 1. The molecule has 0 radical (unpaired) electrons. The summed E-state index contributed by atoms with van der Waals surface area (Å²) in [5.74, 6) is 1.53. The summed E-state index contributed by atoms with van der Waals surface area (Å²) in [5, 5.41) is 10.00. The van der Waals surface area contributed by atoms with Gasteiger partial charge in [-0.15, -0.1) is 0 Å². The third-order valence-corrected chi connectivity index (χ3v) is 3.00. The molecule has 0 aromatic heterocycles. The molecule has 4 heteroatoms. The Kier molecular flexibility index (Phi) is 3.86. The van der Waals surface area contributed by atoms with Gasteiger partial charge in [0, 0.05) is 12.0 Å². The van der Waals surface area contributed by atoms with Crippen molar-refractivity contribution in [3.8, 4) is 11.5 Å². The van der Waals surface area contributed by atoms with Crippen LogP contribution >= 0.6 is 0 Å². The van der Waals surface area contributed by atoms with Crippen molar-refractivity contribution in [3.05, 3.63) is 23.3 Å². The van der Waals surface area contributed by atoms with Crippen molar-refractivity contribution < 1.29 is 14.6 Å². The quantitative estimate of drug-likeness (QED) is 0.837. The lowest BCUT2D eigenvalue weighted by Crippen LogP contribution is -2.08. The average molecular weight is 237 g/mol. The van der Waals surface area contributed by atoms with Crippen molar-refractivity contribution in [1.82, 2.24) is 0 Å². The van der Waals surface area contributed by atoms with Gasteiger partial charge < -0.3 is 20.3 Å². The molecule has 0 fully saturated rings. The summed E-state index contributed by atoms with van der Waals surface area (Å²) < 4.78 is 11.3. The van der Waals surface area contributed by atoms with Crippen LogP contribution in [0.25, 0.3) is 0 Å². The van der Waals surface area contributed by atoms with Crippen molar-refractivity contribution >= 4 is 0 Å². The van der Waals surface area contributed by atoms with Crippen LogP contribution in [0, 0.1) is 6.92 Å². The lowest BCUT2D eigenvalue weighted by Gasteiger charge is -2.17. The van der Waals surface area contributed by atoms with Crippen molar-refractivity contribution in [3.63, 3.8) is 0 Å². The molecule has 1 aromatic rings. The van der Waals surface area contributed by atoms with Crippen molar-refractivity contribution in [2.45, 2.75) is 25.9 Å². The predicted octanol–water partition coefficient (Wildman–Crippen LogP) is 1.54. The maximum Gasteiger partial charge on any atom is 0.164 e. The van der Waals surface area contributed by atoms with Crippen molar-refractivity contribution in [1.29, 1.82) is 0 Å². The Labute approximate surface area is 101 Å². The zero-order valence-corrected chi connectivity index (χ0v) is 10.1. The Morgan fingerprint density at radius 1 is 1.35 bits per heavy atom. The second-order valence-corrected chi connectivity index (χ2v) is 4.25. The fourth-order valence-electron chi connectivity index (χ4n) is 2.06. The number of rotatable bonds is 3. The molecule has 0 bridgehead atoms. The van der Waals surface area contributed by atoms with E-state index in [1.165, 1.54) is 0 Å². The smallest absolute Gasteiger partial charge is 0.164 e. The maximum atomic E-state index is 10.00. The fraction of sp³-hybridized carbons (Fsp3) is 0.538. The van der Waals surface area contributed by atoms with Crippen LogP contribution < -0.4 is 15.2 Å². The highest BCUT2D eigenvalue weighted by molar-refractivity contribution is 5.51. The Bertz CT molecular complexity index is 392. The van der Waals surface area contributed by atoms with E-state index >= 15 is 0 Å². The van der Waals surface area contributed by atoms with Crippen LogP contribution in [0.2, 0.25) is 0 Å². The predicted molar refractivity (Wildman–Crippen MR) is 65.4 cm³/mol. The number of hydrogen-bond acceptors (Lipinski definition) is 4. The van der Waals surface area contributed by atoms with Gasteiger partial charge in [0.25, 0.3) is 0 Å². The van der Waals surface area contributed by atoms with Gasteiger partial charge in [-0.1, -0.05) is 6.07 Å². The zero-order chi connectivity index (χ0) is 12.3. The molecule has 17 heavy (non-hydrogen) atoms. The Morgan fingerprint density at radius 2 is 2.12 bits per heavy atom. The number of aliphatic hydroxyl groups is 1. The van der Waals surface area contributed by atoms with Crippen LogP contribution in [0.1, 0.15) is 30.1 Å². The largest absolute Gasteiger partial charge is 0.490 e. The minimum Gasteiger partial charge on any atom is -0.490 e. The standard InChI is InChI=1S/C13H19NO3/c1-9-10(11(15)5-6-14)3-4-12-13(9)17-8-2-7-16-12/h3-4,11,15H,2,5-8,14H2,1H3. The highest BCUT2D eigenvalue weighted by Crippen LogP contribution is 2.37. The molecule has 1 atom stereocenters. The molecule has 0 saturated carbocycles. The first-order chi connectivity index (χ1) is 8.24. The second-order valence-electron chi connectivity index (χ2n) is 4.25. The SMILES string of the molecule is Cc1c(C(O)CCN)ccc2c1OCCCO2. The fourth-order valence-corrected chi connectivity index (χ4v) is 2.06. The van der Waals surface area contributed by atoms with Gasteiger partial charge in [0.15, 0.2) is 11.5 Å². The maximum absolute atomic E-state index is 10.00. The zero-order valence-electron chi connectivity index (χ0n) is 10.1. The number of nitrogens with two attached hydrogens (primary N) is 1. The Balaban J connectivity index is 2.33. The second kappa shape index (κ2) is 5.38. The van der Waals surface area contributed by atoms with Crippen molar-refractivity contribution in [2.24, 2.45) is 5.73 Å². The van der Waals surface area contributed by atoms with E-state index in [0.717, 1.165) is 29.0 Å². The third kappa shape index (κ3) is 2.53. The molecule has 4 nitrogen and oxygen atoms in total. The van der Waals surface area contributed by atoms with Gasteiger partial charge in [-0.3, -0.25) is 0 Å². The number of ether oxygens (including phenoxy) is 2. The molecule has 1 aliphatic rings. The molecule has 0 saturated heterocycles. The van der Waals surface area contributed by atoms with E-state index in [4.69, 9.17) is 15.2 Å². The Hall–Kier alpha value is -1.26. The summed E-state index contributed by atoms with van der Waals surface area (Å²) in [4.78, 5) is 0. The highest BCUT2D eigenvalue weighted by Gasteiger charge is 2.18. The van der Waals surface area contributed by atoms with E-state index in [-0.39, 0.29) is 0 Å². The molecule has 1 aromatic carbocycles. The number of aliphatic hydroxyl groups excluding tert-OH is 1. The van der Waals surface area contributed by atoms with Gasteiger partial charge in [-0.2, -0.15) is 0 Å². The van der Waals surface area contributed by atoms with Crippen molar-refractivity contribution in [2.75, 3.05) is 19.8 Å². The molecular formula is C13H19NO3. The summed E-state index contributed by atoms with van der Waals surface area (Å²) in [6, 6.07) is 3.76. The van der Waals surface area contributed by atoms with Crippen LogP contribution in [-0.2, 0) is 0 Å². The van der Waals surface area contributed by atoms with Crippen LogP contribution in [0.15, 0.2) is 12.1 Å². The molecule has 1 unspecified atom stereocenters. The molecule has 1 heterocycles.